The predicted molar refractivity (Wildman–Crippen MR) is 132 cm³/mol. The highest BCUT2D eigenvalue weighted by molar-refractivity contribution is 7.09. The number of anilines is 1. The number of aliphatic imine (C=N–C) groups is 1. The molecule has 0 aliphatic carbocycles. The van der Waals surface area contributed by atoms with E-state index in [2.05, 4.69) is 57.4 Å². The van der Waals surface area contributed by atoms with Crippen molar-refractivity contribution in [2.24, 2.45) is 10.7 Å². The smallest absolute Gasteiger partial charge is 0.0860 e. The minimum absolute atomic E-state index is 0.886. The number of aryl methyl sites for hydroxylation is 2. The molecule has 0 bridgehead atoms. The van der Waals surface area contributed by atoms with E-state index in [1.54, 1.807) is 11.3 Å². The van der Waals surface area contributed by atoms with Crippen LogP contribution in [0.4, 0.5) is 11.4 Å². The molecule has 5 nitrogen and oxygen atoms in total. The summed E-state index contributed by atoms with van der Waals surface area (Å²) < 4.78 is 5.40. The topological polar surface area (TPSA) is 54.1 Å². The zero-order valence-corrected chi connectivity index (χ0v) is 19.7. The van der Waals surface area contributed by atoms with Crippen LogP contribution in [0.2, 0.25) is 0 Å². The third kappa shape index (κ3) is 8.09. The average Bonchev–Trinajstić information content (AvgIpc) is 3.27. The number of hydrogen-bond donors (Lipinski definition) is 1. The lowest BCUT2D eigenvalue weighted by Crippen LogP contribution is -2.38. The number of nitrogens with two attached hydrogens (primary N) is 1. The molecule has 1 aromatic heterocycles. The first-order valence-corrected chi connectivity index (χ1v) is 12.1. The maximum atomic E-state index is 5.40. The number of benzene rings is 1. The van der Waals surface area contributed by atoms with Crippen LogP contribution in [0, 0.1) is 6.92 Å². The fourth-order valence-corrected chi connectivity index (χ4v) is 4.26. The standard InChI is InChI=1S/C17H26N4O.C5H6S.C2H6/c18-14-19-16-4-5-17-15(13-16)3-1-7-21(17)8-2-6-20-9-11-22-12-10-20;1-5-3-2-4-6-5;1-2/h4-5,13-14H,1-3,6-12H2,(H2,18,19);2-4H,1H3;1-2H3. The van der Waals surface area contributed by atoms with Gasteiger partial charge in [-0.05, 0) is 61.4 Å². The van der Waals surface area contributed by atoms with Gasteiger partial charge in [0.05, 0.1) is 25.2 Å². The Hall–Kier alpha value is -1.89. The van der Waals surface area contributed by atoms with Gasteiger partial charge in [0, 0.05) is 43.3 Å². The van der Waals surface area contributed by atoms with E-state index in [-0.39, 0.29) is 0 Å². The van der Waals surface area contributed by atoms with Gasteiger partial charge < -0.3 is 15.4 Å². The first-order chi connectivity index (χ1) is 14.8. The molecule has 1 saturated heterocycles. The van der Waals surface area contributed by atoms with Crippen molar-refractivity contribution in [1.29, 1.82) is 0 Å². The fourth-order valence-electron chi connectivity index (χ4n) is 3.73. The van der Waals surface area contributed by atoms with Gasteiger partial charge in [0.15, 0.2) is 0 Å². The van der Waals surface area contributed by atoms with Crippen LogP contribution in [0.15, 0.2) is 40.7 Å². The first kappa shape index (κ1) is 24.4. The number of nitrogens with zero attached hydrogens (tertiary/aromatic N) is 3. The maximum absolute atomic E-state index is 5.40. The zero-order valence-electron chi connectivity index (χ0n) is 18.8. The highest BCUT2D eigenvalue weighted by Gasteiger charge is 2.17. The average molecular weight is 431 g/mol. The van der Waals surface area contributed by atoms with Gasteiger partial charge in [0.25, 0.3) is 0 Å². The molecule has 0 atom stereocenters. The van der Waals surface area contributed by atoms with Gasteiger partial charge in [0.1, 0.15) is 0 Å². The van der Waals surface area contributed by atoms with Crippen molar-refractivity contribution in [1.82, 2.24) is 4.90 Å². The Morgan fingerprint density at radius 2 is 1.93 bits per heavy atom. The molecule has 0 spiro atoms. The largest absolute Gasteiger partial charge is 0.390 e. The lowest BCUT2D eigenvalue weighted by molar-refractivity contribution is 0.0376. The number of rotatable bonds is 5. The second-order valence-electron chi connectivity index (χ2n) is 7.21. The molecule has 30 heavy (non-hydrogen) atoms. The number of hydrogen-bond acceptors (Lipinski definition) is 5. The van der Waals surface area contributed by atoms with E-state index in [1.165, 1.54) is 41.9 Å². The summed E-state index contributed by atoms with van der Waals surface area (Å²) in [5.41, 5.74) is 9.12. The molecule has 0 amide bonds. The molecule has 4 rings (SSSR count). The molecular weight excluding hydrogens is 392 g/mol. The van der Waals surface area contributed by atoms with Crippen molar-refractivity contribution in [3.63, 3.8) is 0 Å². The predicted octanol–water partition coefficient (Wildman–Crippen LogP) is 4.86. The maximum Gasteiger partial charge on any atom is 0.0860 e. The molecule has 1 aromatic carbocycles. The summed E-state index contributed by atoms with van der Waals surface area (Å²) in [5, 5.41) is 2.08. The lowest BCUT2D eigenvalue weighted by atomic mass is 10.0. The van der Waals surface area contributed by atoms with Crippen LogP contribution in [0.25, 0.3) is 0 Å². The van der Waals surface area contributed by atoms with Crippen LogP contribution in [-0.4, -0.2) is 57.2 Å². The summed E-state index contributed by atoms with van der Waals surface area (Å²) in [7, 11) is 0. The third-order valence-electron chi connectivity index (χ3n) is 5.17. The first-order valence-electron chi connectivity index (χ1n) is 11.2. The summed E-state index contributed by atoms with van der Waals surface area (Å²) >= 11 is 1.78. The highest BCUT2D eigenvalue weighted by Crippen LogP contribution is 2.30. The quantitative estimate of drug-likeness (QED) is 0.543. The molecule has 1 fully saturated rings. The zero-order chi connectivity index (χ0) is 21.6. The molecular formula is C24H38N4OS. The lowest BCUT2D eigenvalue weighted by Gasteiger charge is -2.33. The SMILES string of the molecule is CC.Cc1cccs1.NC=Nc1ccc2c(c1)CCCN2CCCN1CCOCC1. The van der Waals surface area contributed by atoms with Gasteiger partial charge >= 0.3 is 0 Å². The van der Waals surface area contributed by atoms with E-state index in [0.717, 1.165) is 51.5 Å². The second-order valence-corrected chi connectivity index (χ2v) is 8.36. The normalized spacial score (nSPS) is 16.3. The summed E-state index contributed by atoms with van der Waals surface area (Å²) in [6, 6.07) is 10.6. The van der Waals surface area contributed by atoms with Crippen molar-refractivity contribution in [2.75, 3.05) is 50.8 Å². The van der Waals surface area contributed by atoms with Crippen LogP contribution < -0.4 is 10.6 Å². The van der Waals surface area contributed by atoms with Crippen molar-refractivity contribution >= 4 is 29.1 Å². The molecule has 3 heterocycles. The van der Waals surface area contributed by atoms with Gasteiger partial charge in [-0.3, -0.25) is 4.90 Å². The Balaban J connectivity index is 0.000000340. The molecule has 6 heteroatoms. The minimum Gasteiger partial charge on any atom is -0.390 e. The number of morpholine rings is 1. The van der Waals surface area contributed by atoms with Crippen LogP contribution in [0.5, 0.6) is 0 Å². The Bertz CT molecular complexity index is 727. The Labute approximate surface area is 186 Å². The number of thiophene rings is 1. The minimum atomic E-state index is 0.886. The van der Waals surface area contributed by atoms with Crippen molar-refractivity contribution in [3.05, 3.63) is 46.2 Å². The molecule has 0 radical (unpaired) electrons. The summed E-state index contributed by atoms with van der Waals surface area (Å²) in [4.78, 5) is 10.6. The molecule has 2 aliphatic rings. The highest BCUT2D eigenvalue weighted by atomic mass is 32.1. The molecule has 2 aromatic rings. The Kier molecular flexibility index (Phi) is 11.5. The van der Waals surface area contributed by atoms with E-state index >= 15 is 0 Å². The van der Waals surface area contributed by atoms with E-state index in [1.807, 2.05) is 13.8 Å². The summed E-state index contributed by atoms with van der Waals surface area (Å²) in [6.07, 6.45) is 4.94. The second kappa shape index (κ2) is 14.2. The van der Waals surface area contributed by atoms with Gasteiger partial charge in [-0.2, -0.15) is 0 Å². The summed E-state index contributed by atoms with van der Waals surface area (Å²) in [6.45, 7) is 13.5. The van der Waals surface area contributed by atoms with Gasteiger partial charge in [-0.15, -0.1) is 11.3 Å². The monoisotopic (exact) mass is 430 g/mol. The Morgan fingerprint density at radius 3 is 2.57 bits per heavy atom. The van der Waals surface area contributed by atoms with Gasteiger partial charge in [-0.1, -0.05) is 19.9 Å². The van der Waals surface area contributed by atoms with Crippen LogP contribution in [-0.2, 0) is 11.2 Å². The van der Waals surface area contributed by atoms with Crippen molar-refractivity contribution in [2.45, 2.75) is 40.0 Å². The van der Waals surface area contributed by atoms with E-state index < -0.39 is 0 Å². The fraction of sp³-hybridized carbons (Fsp3) is 0.542. The van der Waals surface area contributed by atoms with E-state index in [9.17, 15) is 0 Å². The number of ether oxygens (including phenoxy) is 1. The van der Waals surface area contributed by atoms with Crippen LogP contribution >= 0.6 is 11.3 Å². The summed E-state index contributed by atoms with van der Waals surface area (Å²) in [5.74, 6) is 0. The molecule has 166 valence electrons. The van der Waals surface area contributed by atoms with Gasteiger partial charge in [0.2, 0.25) is 0 Å². The van der Waals surface area contributed by atoms with Crippen molar-refractivity contribution in [3.8, 4) is 0 Å². The van der Waals surface area contributed by atoms with Gasteiger partial charge in [-0.25, -0.2) is 4.99 Å². The molecule has 2 N–H and O–H groups in total. The molecule has 2 aliphatic heterocycles. The molecule has 0 unspecified atom stereocenters. The molecule has 0 saturated carbocycles. The number of fused-ring (bicyclic) bond motifs is 1. The third-order valence-corrected chi connectivity index (χ3v) is 5.97. The van der Waals surface area contributed by atoms with Crippen molar-refractivity contribution < 1.29 is 4.74 Å². The van der Waals surface area contributed by atoms with Crippen LogP contribution in [0.1, 0.15) is 37.1 Å². The Morgan fingerprint density at radius 1 is 1.13 bits per heavy atom. The van der Waals surface area contributed by atoms with E-state index in [0.29, 0.717) is 0 Å². The van der Waals surface area contributed by atoms with Crippen LogP contribution in [0.3, 0.4) is 0 Å². The van der Waals surface area contributed by atoms with E-state index in [4.69, 9.17) is 10.5 Å².